The Hall–Kier alpha value is -0.900. The van der Waals surface area contributed by atoms with E-state index in [1.54, 1.807) is 6.33 Å². The van der Waals surface area contributed by atoms with Crippen LogP contribution in [0.1, 0.15) is 59.8 Å². The van der Waals surface area contributed by atoms with Crippen molar-refractivity contribution in [3.8, 4) is 0 Å². The first-order valence-electron chi connectivity index (χ1n) is 7.51. The standard InChI is InChI=1S/C15H30N4/c1-11(2)7-14(9-16-12(3)4)8-15-17-10-18-19(15)13(5)6/h10-14,16H,7-9H2,1-6H3. The normalized spacial score (nSPS) is 13.7. The van der Waals surface area contributed by atoms with E-state index in [2.05, 4.69) is 56.9 Å². The molecule has 4 nitrogen and oxygen atoms in total. The van der Waals surface area contributed by atoms with E-state index in [1.807, 2.05) is 4.68 Å². The second-order valence-electron chi connectivity index (χ2n) is 6.48. The molecule has 0 fully saturated rings. The van der Waals surface area contributed by atoms with Crippen molar-refractivity contribution in [3.63, 3.8) is 0 Å². The molecule has 1 atom stereocenters. The molecule has 0 bridgehead atoms. The zero-order valence-electron chi connectivity index (χ0n) is 13.3. The van der Waals surface area contributed by atoms with Crippen LogP contribution in [-0.4, -0.2) is 27.4 Å². The maximum Gasteiger partial charge on any atom is 0.138 e. The van der Waals surface area contributed by atoms with Crippen LogP contribution in [0.2, 0.25) is 0 Å². The summed E-state index contributed by atoms with van der Waals surface area (Å²) in [4.78, 5) is 4.44. The molecule has 110 valence electrons. The van der Waals surface area contributed by atoms with Crippen molar-refractivity contribution in [1.82, 2.24) is 20.1 Å². The maximum absolute atomic E-state index is 4.44. The fourth-order valence-corrected chi connectivity index (χ4v) is 2.42. The summed E-state index contributed by atoms with van der Waals surface area (Å²) in [7, 11) is 0. The van der Waals surface area contributed by atoms with E-state index in [1.165, 1.54) is 6.42 Å². The second-order valence-corrected chi connectivity index (χ2v) is 6.48. The van der Waals surface area contributed by atoms with Gasteiger partial charge in [0, 0.05) is 18.5 Å². The van der Waals surface area contributed by atoms with Gasteiger partial charge in [-0.1, -0.05) is 27.7 Å². The monoisotopic (exact) mass is 266 g/mol. The average Bonchev–Trinajstić information content (AvgIpc) is 2.73. The third kappa shape index (κ3) is 5.72. The van der Waals surface area contributed by atoms with Crippen molar-refractivity contribution in [3.05, 3.63) is 12.2 Å². The summed E-state index contributed by atoms with van der Waals surface area (Å²) in [6.07, 6.45) is 3.92. The maximum atomic E-state index is 4.44. The van der Waals surface area contributed by atoms with Gasteiger partial charge in [0.1, 0.15) is 12.2 Å². The molecule has 0 saturated carbocycles. The molecule has 4 heteroatoms. The molecule has 0 aliphatic carbocycles. The van der Waals surface area contributed by atoms with Crippen molar-refractivity contribution in [2.45, 2.75) is 66.5 Å². The van der Waals surface area contributed by atoms with E-state index in [0.29, 0.717) is 18.0 Å². The Morgan fingerprint density at radius 2 is 1.84 bits per heavy atom. The van der Waals surface area contributed by atoms with E-state index < -0.39 is 0 Å². The molecule has 1 heterocycles. The smallest absolute Gasteiger partial charge is 0.138 e. The van der Waals surface area contributed by atoms with Crippen LogP contribution in [0.25, 0.3) is 0 Å². The number of nitrogens with zero attached hydrogens (tertiary/aromatic N) is 3. The van der Waals surface area contributed by atoms with Gasteiger partial charge >= 0.3 is 0 Å². The highest BCUT2D eigenvalue weighted by Gasteiger charge is 2.16. The minimum atomic E-state index is 0.384. The zero-order chi connectivity index (χ0) is 14.4. The van der Waals surface area contributed by atoms with E-state index in [9.17, 15) is 0 Å². The Balaban J connectivity index is 2.67. The molecule has 0 aliphatic heterocycles. The fraction of sp³-hybridized carbons (Fsp3) is 0.867. The Bertz CT molecular complexity index is 355. The topological polar surface area (TPSA) is 42.7 Å². The Kier molecular flexibility index (Phi) is 6.49. The van der Waals surface area contributed by atoms with Crippen molar-refractivity contribution in [1.29, 1.82) is 0 Å². The van der Waals surface area contributed by atoms with Gasteiger partial charge in [-0.3, -0.25) is 0 Å². The highest BCUT2D eigenvalue weighted by atomic mass is 15.3. The summed E-state index contributed by atoms with van der Waals surface area (Å²) in [5, 5.41) is 7.88. The van der Waals surface area contributed by atoms with E-state index in [-0.39, 0.29) is 0 Å². The van der Waals surface area contributed by atoms with Gasteiger partial charge in [-0.05, 0) is 38.6 Å². The minimum absolute atomic E-state index is 0.384. The van der Waals surface area contributed by atoms with Gasteiger partial charge < -0.3 is 5.32 Å². The molecule has 0 saturated heterocycles. The van der Waals surface area contributed by atoms with Gasteiger partial charge in [-0.25, -0.2) is 9.67 Å². The van der Waals surface area contributed by atoms with Crippen molar-refractivity contribution in [2.75, 3.05) is 6.54 Å². The first-order chi connectivity index (χ1) is 8.90. The molecule has 0 radical (unpaired) electrons. The molecule has 1 rings (SSSR count). The first kappa shape index (κ1) is 16.2. The molecule has 0 aliphatic rings. The van der Waals surface area contributed by atoms with Crippen LogP contribution in [0.4, 0.5) is 0 Å². The summed E-state index contributed by atoms with van der Waals surface area (Å²) in [6.45, 7) is 14.3. The lowest BCUT2D eigenvalue weighted by molar-refractivity contribution is 0.357. The summed E-state index contributed by atoms with van der Waals surface area (Å²) in [6, 6.07) is 0.924. The quantitative estimate of drug-likeness (QED) is 0.786. The van der Waals surface area contributed by atoms with Gasteiger partial charge in [-0.2, -0.15) is 5.10 Å². The molecule has 1 unspecified atom stereocenters. The number of rotatable bonds is 8. The van der Waals surface area contributed by atoms with Crippen molar-refractivity contribution in [2.24, 2.45) is 11.8 Å². The van der Waals surface area contributed by atoms with Crippen LogP contribution in [0.15, 0.2) is 6.33 Å². The lowest BCUT2D eigenvalue weighted by Gasteiger charge is -2.21. The molecule has 1 aromatic rings. The van der Waals surface area contributed by atoms with Crippen molar-refractivity contribution < 1.29 is 0 Å². The first-order valence-corrected chi connectivity index (χ1v) is 7.51. The number of hydrogen-bond acceptors (Lipinski definition) is 3. The van der Waals surface area contributed by atoms with Crippen LogP contribution >= 0.6 is 0 Å². The highest BCUT2D eigenvalue weighted by Crippen LogP contribution is 2.17. The molecule has 0 aromatic carbocycles. The summed E-state index contributed by atoms with van der Waals surface area (Å²) < 4.78 is 2.04. The average molecular weight is 266 g/mol. The van der Waals surface area contributed by atoms with Crippen LogP contribution < -0.4 is 5.32 Å². The molecular weight excluding hydrogens is 236 g/mol. The van der Waals surface area contributed by atoms with Gasteiger partial charge in [0.05, 0.1) is 0 Å². The van der Waals surface area contributed by atoms with E-state index in [0.717, 1.165) is 24.7 Å². The molecular formula is C15H30N4. The predicted octanol–water partition coefficient (Wildman–Crippen LogP) is 3.06. The van der Waals surface area contributed by atoms with E-state index in [4.69, 9.17) is 0 Å². The molecule has 19 heavy (non-hydrogen) atoms. The third-order valence-electron chi connectivity index (χ3n) is 3.23. The summed E-state index contributed by atoms with van der Waals surface area (Å²) >= 11 is 0. The number of hydrogen-bond donors (Lipinski definition) is 1. The SMILES string of the molecule is CC(C)CC(CNC(C)C)Cc1ncnn1C(C)C. The Morgan fingerprint density at radius 1 is 1.16 bits per heavy atom. The largest absolute Gasteiger partial charge is 0.314 e. The fourth-order valence-electron chi connectivity index (χ4n) is 2.42. The third-order valence-corrected chi connectivity index (χ3v) is 3.23. The van der Waals surface area contributed by atoms with Gasteiger partial charge in [0.15, 0.2) is 0 Å². The Labute approximate surface area is 118 Å². The van der Waals surface area contributed by atoms with Crippen LogP contribution in [0, 0.1) is 11.8 Å². The summed E-state index contributed by atoms with van der Waals surface area (Å²) in [5.74, 6) is 2.46. The predicted molar refractivity (Wildman–Crippen MR) is 80.2 cm³/mol. The number of aromatic nitrogens is 3. The zero-order valence-corrected chi connectivity index (χ0v) is 13.3. The Morgan fingerprint density at radius 3 is 2.37 bits per heavy atom. The minimum Gasteiger partial charge on any atom is -0.314 e. The van der Waals surface area contributed by atoms with Gasteiger partial charge in [0.25, 0.3) is 0 Å². The lowest BCUT2D eigenvalue weighted by atomic mass is 9.93. The molecule has 1 N–H and O–H groups in total. The van der Waals surface area contributed by atoms with Crippen LogP contribution in [-0.2, 0) is 6.42 Å². The molecule has 1 aromatic heterocycles. The van der Waals surface area contributed by atoms with E-state index >= 15 is 0 Å². The van der Waals surface area contributed by atoms with Gasteiger partial charge in [-0.15, -0.1) is 0 Å². The second kappa shape index (κ2) is 7.63. The lowest BCUT2D eigenvalue weighted by Crippen LogP contribution is -2.31. The van der Waals surface area contributed by atoms with Gasteiger partial charge in [0.2, 0.25) is 0 Å². The highest BCUT2D eigenvalue weighted by molar-refractivity contribution is 4.90. The van der Waals surface area contributed by atoms with Crippen LogP contribution in [0.5, 0.6) is 0 Å². The molecule has 0 amide bonds. The summed E-state index contributed by atoms with van der Waals surface area (Å²) in [5.41, 5.74) is 0. The van der Waals surface area contributed by atoms with Crippen molar-refractivity contribution >= 4 is 0 Å². The molecule has 0 spiro atoms. The van der Waals surface area contributed by atoms with Crippen LogP contribution in [0.3, 0.4) is 0 Å². The number of nitrogens with one attached hydrogen (secondary N) is 1.